The quantitative estimate of drug-likeness (QED) is 0.731. The largest absolute Gasteiger partial charge is 0.393 e. The van der Waals surface area contributed by atoms with Gasteiger partial charge in [0.15, 0.2) is 0 Å². The number of thiocarbonyl (C=S) groups is 1. The van der Waals surface area contributed by atoms with Gasteiger partial charge in [-0.05, 0) is 30.6 Å². The van der Waals surface area contributed by atoms with E-state index in [1.165, 1.54) is 0 Å². The van der Waals surface area contributed by atoms with E-state index in [0.717, 1.165) is 19.3 Å². The van der Waals surface area contributed by atoms with Crippen LogP contribution in [0.4, 0.5) is 0 Å². The van der Waals surface area contributed by atoms with Crippen LogP contribution in [0.25, 0.3) is 0 Å². The number of carbonyl (C=O) groups excluding carboxylic acids is 1. The highest BCUT2D eigenvalue weighted by atomic mass is 32.1. The second-order valence-corrected chi connectivity index (χ2v) is 7.63. The molecule has 0 aromatic rings. The third-order valence-electron chi connectivity index (χ3n) is 3.39. The van der Waals surface area contributed by atoms with Gasteiger partial charge in [0, 0.05) is 25.4 Å². The maximum Gasteiger partial charge on any atom is 0.223 e. The molecule has 1 saturated carbocycles. The van der Waals surface area contributed by atoms with E-state index in [-0.39, 0.29) is 11.3 Å². The summed E-state index contributed by atoms with van der Waals surface area (Å²) in [5.41, 5.74) is 5.82. The molecule has 0 aromatic heterocycles. The summed E-state index contributed by atoms with van der Waals surface area (Å²) in [6, 6.07) is 0.448. The molecule has 2 N–H and O–H groups in total. The second kappa shape index (κ2) is 6.69. The van der Waals surface area contributed by atoms with Crippen LogP contribution in [0.1, 0.15) is 59.8 Å². The molecule has 3 nitrogen and oxygen atoms in total. The van der Waals surface area contributed by atoms with E-state index in [0.29, 0.717) is 36.3 Å². The number of nitrogens with zero attached hydrogens (tertiary/aromatic N) is 1. The summed E-state index contributed by atoms with van der Waals surface area (Å²) in [7, 11) is 0. The standard InChI is InChI=1S/C15H28N2OS/c1-11(10-15(2,3)4)9-14(18)17(12-5-6-12)8-7-13(16)19/h11-12H,5-10H2,1-4H3,(H2,16,19). The predicted octanol–water partition coefficient (Wildman–Crippen LogP) is 3.12. The molecule has 1 aliphatic rings. The molecule has 0 spiro atoms. The summed E-state index contributed by atoms with van der Waals surface area (Å²) in [4.78, 5) is 14.9. The molecule has 1 fully saturated rings. The third kappa shape index (κ3) is 6.90. The molecule has 0 aromatic carbocycles. The molecule has 1 amide bonds. The van der Waals surface area contributed by atoms with Crippen molar-refractivity contribution < 1.29 is 4.79 Å². The van der Waals surface area contributed by atoms with Crippen LogP contribution >= 0.6 is 12.2 Å². The molecule has 1 rings (SSSR count). The number of nitrogens with two attached hydrogens (primary N) is 1. The van der Waals surface area contributed by atoms with Crippen LogP contribution in [0, 0.1) is 11.3 Å². The van der Waals surface area contributed by atoms with Gasteiger partial charge in [-0.1, -0.05) is 39.9 Å². The fourth-order valence-corrected chi connectivity index (χ4v) is 2.75. The van der Waals surface area contributed by atoms with Crippen LogP contribution < -0.4 is 5.73 Å². The first-order valence-corrected chi connectivity index (χ1v) is 7.67. The van der Waals surface area contributed by atoms with Crippen molar-refractivity contribution in [2.24, 2.45) is 17.1 Å². The summed E-state index contributed by atoms with van der Waals surface area (Å²) in [5.74, 6) is 0.703. The Labute approximate surface area is 122 Å². The van der Waals surface area contributed by atoms with Crippen LogP contribution in [0.5, 0.6) is 0 Å². The average molecular weight is 284 g/mol. The lowest BCUT2D eigenvalue weighted by Gasteiger charge is -2.27. The third-order valence-corrected chi connectivity index (χ3v) is 3.60. The van der Waals surface area contributed by atoms with Gasteiger partial charge < -0.3 is 10.6 Å². The Morgan fingerprint density at radius 3 is 2.42 bits per heavy atom. The second-order valence-electron chi connectivity index (χ2n) is 7.11. The fourth-order valence-electron chi connectivity index (χ4n) is 2.66. The Balaban J connectivity index is 2.45. The minimum atomic E-state index is 0.274. The van der Waals surface area contributed by atoms with Crippen molar-refractivity contribution >= 4 is 23.1 Å². The molecule has 110 valence electrons. The zero-order valence-electron chi connectivity index (χ0n) is 12.7. The molecule has 1 aliphatic carbocycles. The molecule has 4 heteroatoms. The van der Waals surface area contributed by atoms with Crippen molar-refractivity contribution in [3.05, 3.63) is 0 Å². The summed E-state index contributed by atoms with van der Waals surface area (Å²) < 4.78 is 0. The molecule has 19 heavy (non-hydrogen) atoms. The molecular formula is C15H28N2OS. The molecular weight excluding hydrogens is 256 g/mol. The summed E-state index contributed by atoms with van der Waals surface area (Å²) in [5, 5.41) is 0. The fraction of sp³-hybridized carbons (Fsp3) is 0.867. The van der Waals surface area contributed by atoms with Crippen LogP contribution in [-0.2, 0) is 4.79 Å². The lowest BCUT2D eigenvalue weighted by Crippen LogP contribution is -2.36. The Hall–Kier alpha value is -0.640. The first kappa shape index (κ1) is 16.4. The Morgan fingerprint density at radius 2 is 2.00 bits per heavy atom. The predicted molar refractivity (Wildman–Crippen MR) is 84.0 cm³/mol. The van der Waals surface area contributed by atoms with Gasteiger partial charge in [0.25, 0.3) is 0 Å². The van der Waals surface area contributed by atoms with Gasteiger partial charge in [-0.15, -0.1) is 0 Å². The van der Waals surface area contributed by atoms with Gasteiger partial charge in [-0.3, -0.25) is 4.79 Å². The first-order chi connectivity index (χ1) is 8.69. The molecule has 0 saturated heterocycles. The maximum absolute atomic E-state index is 12.4. The number of hydrogen-bond donors (Lipinski definition) is 1. The van der Waals surface area contributed by atoms with Crippen LogP contribution in [0.15, 0.2) is 0 Å². The summed E-state index contributed by atoms with van der Waals surface area (Å²) in [6.45, 7) is 9.53. The van der Waals surface area contributed by atoms with Crippen molar-refractivity contribution in [2.75, 3.05) is 6.54 Å². The van der Waals surface area contributed by atoms with Crippen molar-refractivity contribution in [3.8, 4) is 0 Å². The lowest BCUT2D eigenvalue weighted by atomic mass is 9.84. The Morgan fingerprint density at radius 1 is 1.42 bits per heavy atom. The SMILES string of the molecule is CC(CC(=O)N(CCC(N)=S)C1CC1)CC(C)(C)C. The van der Waals surface area contributed by atoms with Crippen LogP contribution in [0.3, 0.4) is 0 Å². The molecule has 1 atom stereocenters. The van der Waals surface area contributed by atoms with E-state index in [4.69, 9.17) is 18.0 Å². The highest BCUT2D eigenvalue weighted by molar-refractivity contribution is 7.80. The monoisotopic (exact) mass is 284 g/mol. The van der Waals surface area contributed by atoms with E-state index in [1.54, 1.807) is 0 Å². The van der Waals surface area contributed by atoms with Crippen molar-refractivity contribution in [2.45, 2.75) is 65.8 Å². The number of amides is 1. The Kier molecular flexibility index (Phi) is 5.78. The number of rotatable bonds is 7. The average Bonchev–Trinajstić information content (AvgIpc) is 2.97. The van der Waals surface area contributed by atoms with Crippen LogP contribution in [-0.4, -0.2) is 28.4 Å². The summed E-state index contributed by atoms with van der Waals surface area (Å²) >= 11 is 4.91. The maximum atomic E-state index is 12.4. The highest BCUT2D eigenvalue weighted by Gasteiger charge is 2.32. The van der Waals surface area contributed by atoms with Gasteiger partial charge in [-0.25, -0.2) is 0 Å². The zero-order valence-corrected chi connectivity index (χ0v) is 13.6. The number of hydrogen-bond acceptors (Lipinski definition) is 2. The van der Waals surface area contributed by atoms with Gasteiger partial charge in [0.1, 0.15) is 0 Å². The molecule has 0 radical (unpaired) electrons. The van der Waals surface area contributed by atoms with Gasteiger partial charge in [0.05, 0.1) is 4.99 Å². The number of carbonyl (C=O) groups is 1. The topological polar surface area (TPSA) is 46.3 Å². The van der Waals surface area contributed by atoms with Gasteiger partial charge in [0.2, 0.25) is 5.91 Å². The minimum Gasteiger partial charge on any atom is -0.393 e. The van der Waals surface area contributed by atoms with E-state index in [1.807, 2.05) is 4.90 Å². The van der Waals surface area contributed by atoms with Crippen molar-refractivity contribution in [3.63, 3.8) is 0 Å². The summed E-state index contributed by atoms with van der Waals surface area (Å²) in [6.07, 6.45) is 4.64. The molecule has 1 unspecified atom stereocenters. The normalized spacial score (nSPS) is 17.1. The Bertz CT molecular complexity index is 332. The lowest BCUT2D eigenvalue weighted by molar-refractivity contribution is -0.132. The van der Waals surface area contributed by atoms with E-state index in [9.17, 15) is 4.79 Å². The van der Waals surface area contributed by atoms with E-state index >= 15 is 0 Å². The molecule has 0 aliphatic heterocycles. The van der Waals surface area contributed by atoms with Gasteiger partial charge >= 0.3 is 0 Å². The highest BCUT2D eigenvalue weighted by Crippen LogP contribution is 2.30. The molecule has 0 bridgehead atoms. The first-order valence-electron chi connectivity index (χ1n) is 7.27. The van der Waals surface area contributed by atoms with Gasteiger partial charge in [-0.2, -0.15) is 0 Å². The smallest absolute Gasteiger partial charge is 0.223 e. The zero-order chi connectivity index (χ0) is 14.6. The van der Waals surface area contributed by atoms with Crippen LogP contribution in [0.2, 0.25) is 0 Å². The van der Waals surface area contributed by atoms with Crippen molar-refractivity contribution in [1.82, 2.24) is 4.90 Å². The molecule has 0 heterocycles. The van der Waals surface area contributed by atoms with Crippen molar-refractivity contribution in [1.29, 1.82) is 0 Å². The van der Waals surface area contributed by atoms with E-state index < -0.39 is 0 Å². The van der Waals surface area contributed by atoms with E-state index in [2.05, 4.69) is 27.7 Å². The minimum absolute atomic E-state index is 0.274.